The first-order valence-corrected chi connectivity index (χ1v) is 14.3. The van der Waals surface area contributed by atoms with Crippen LogP contribution >= 0.6 is 0 Å². The molecule has 0 bridgehead atoms. The Labute approximate surface area is 255 Å². The molecule has 0 saturated carbocycles. The molecule has 1 aliphatic heterocycles. The van der Waals surface area contributed by atoms with Crippen LogP contribution in [-0.2, 0) is 24.4 Å². The number of ether oxygens (including phenoxy) is 4. The first-order valence-electron chi connectivity index (χ1n) is 14.3. The van der Waals surface area contributed by atoms with Crippen molar-refractivity contribution in [3.05, 3.63) is 89.2 Å². The monoisotopic (exact) mass is 606 g/mol. The quantitative estimate of drug-likeness (QED) is 0.161. The fourth-order valence-corrected chi connectivity index (χ4v) is 5.28. The Kier molecular flexibility index (Phi) is 10.1. The smallest absolute Gasteiger partial charge is 0.180 e. The van der Waals surface area contributed by atoms with Crippen molar-refractivity contribution in [3.8, 4) is 28.4 Å². The Hall–Kier alpha value is -4.04. The lowest BCUT2D eigenvalue weighted by molar-refractivity contribution is -0.254. The van der Waals surface area contributed by atoms with Gasteiger partial charge in [-0.1, -0.05) is 53.7 Å². The number of rotatable bonds is 12. The molecule has 12 nitrogen and oxygen atoms in total. The average Bonchev–Trinajstić information content (AvgIpc) is 3.52. The molecule has 0 amide bonds. The standard InChI is InChI=1S/C32H38N4O8/c1-19-21(10-7-11-24(19)20-8-5-4-6-9-20)18-43-23-12-26(41-2)25(27(13-23)42-3)15-33-14-22-16-36(35-34-22)32-31(40)30(39)29(38)28(17-37)44-32/h4-13,16,28-33,37-40H,14-15,17-18H2,1-3H3/t28-,29-,30+,31-,32-/m1/s1. The zero-order valence-corrected chi connectivity index (χ0v) is 24.8. The van der Waals surface area contributed by atoms with Crippen LogP contribution in [0, 0.1) is 6.92 Å². The van der Waals surface area contributed by atoms with Crippen LogP contribution in [0.15, 0.2) is 66.9 Å². The van der Waals surface area contributed by atoms with Crippen LogP contribution in [0.25, 0.3) is 11.1 Å². The lowest BCUT2D eigenvalue weighted by atomic mass is 9.97. The summed E-state index contributed by atoms with van der Waals surface area (Å²) in [6.07, 6.45) is -5.02. The molecule has 1 saturated heterocycles. The van der Waals surface area contributed by atoms with Crippen molar-refractivity contribution in [1.82, 2.24) is 20.3 Å². The number of nitrogens with one attached hydrogen (secondary N) is 1. The van der Waals surface area contributed by atoms with Gasteiger partial charge in [-0.05, 0) is 29.2 Å². The second kappa shape index (κ2) is 14.2. The van der Waals surface area contributed by atoms with Crippen LogP contribution in [0.1, 0.15) is 28.6 Å². The predicted octanol–water partition coefficient (Wildman–Crippen LogP) is 2.11. The third-order valence-corrected chi connectivity index (χ3v) is 7.80. The van der Waals surface area contributed by atoms with Gasteiger partial charge in [-0.3, -0.25) is 0 Å². The molecule has 5 N–H and O–H groups in total. The summed E-state index contributed by atoms with van der Waals surface area (Å²) in [5.41, 5.74) is 5.87. The van der Waals surface area contributed by atoms with Gasteiger partial charge in [0.25, 0.3) is 0 Å². The Morgan fingerprint density at radius 1 is 0.909 bits per heavy atom. The minimum atomic E-state index is -1.51. The zero-order valence-electron chi connectivity index (χ0n) is 24.8. The van der Waals surface area contributed by atoms with E-state index in [1.807, 2.05) is 36.4 Å². The van der Waals surface area contributed by atoms with Crippen molar-refractivity contribution in [2.75, 3.05) is 20.8 Å². The second-order valence-corrected chi connectivity index (χ2v) is 10.6. The molecule has 1 aromatic heterocycles. The molecule has 234 valence electrons. The number of benzene rings is 3. The average molecular weight is 607 g/mol. The number of methoxy groups -OCH3 is 2. The van der Waals surface area contributed by atoms with E-state index >= 15 is 0 Å². The number of aromatic nitrogens is 3. The van der Waals surface area contributed by atoms with E-state index in [1.165, 1.54) is 4.68 Å². The third-order valence-electron chi connectivity index (χ3n) is 7.80. The van der Waals surface area contributed by atoms with Crippen molar-refractivity contribution >= 4 is 0 Å². The van der Waals surface area contributed by atoms with Crippen molar-refractivity contribution < 1.29 is 39.4 Å². The molecule has 3 aromatic carbocycles. The van der Waals surface area contributed by atoms with Crippen LogP contribution in [0.3, 0.4) is 0 Å². The van der Waals surface area contributed by atoms with E-state index in [2.05, 4.69) is 46.8 Å². The largest absolute Gasteiger partial charge is 0.496 e. The molecule has 0 spiro atoms. The molecule has 44 heavy (non-hydrogen) atoms. The van der Waals surface area contributed by atoms with Crippen molar-refractivity contribution in [2.45, 2.75) is 57.3 Å². The van der Waals surface area contributed by atoms with E-state index in [1.54, 1.807) is 20.4 Å². The lowest BCUT2D eigenvalue weighted by Gasteiger charge is -2.39. The van der Waals surface area contributed by atoms with Crippen molar-refractivity contribution in [1.29, 1.82) is 0 Å². The minimum absolute atomic E-state index is 0.305. The van der Waals surface area contributed by atoms with Gasteiger partial charge in [0.2, 0.25) is 0 Å². The molecule has 4 aromatic rings. The van der Waals surface area contributed by atoms with Crippen LogP contribution in [-0.4, -0.2) is 80.7 Å². The summed E-state index contributed by atoms with van der Waals surface area (Å²) in [6, 6.07) is 20.1. The predicted molar refractivity (Wildman–Crippen MR) is 160 cm³/mol. The topological polar surface area (TPSA) is 161 Å². The molecule has 0 aliphatic carbocycles. The highest BCUT2D eigenvalue weighted by Crippen LogP contribution is 2.35. The molecular formula is C32H38N4O8. The summed E-state index contributed by atoms with van der Waals surface area (Å²) in [4.78, 5) is 0. The van der Waals surface area contributed by atoms with Gasteiger partial charge in [-0.2, -0.15) is 0 Å². The molecule has 12 heteroatoms. The van der Waals surface area contributed by atoms with Crippen LogP contribution < -0.4 is 19.5 Å². The van der Waals surface area contributed by atoms with Gasteiger partial charge in [-0.15, -0.1) is 5.10 Å². The zero-order chi connectivity index (χ0) is 31.2. The van der Waals surface area contributed by atoms with Gasteiger partial charge in [0.1, 0.15) is 48.3 Å². The SMILES string of the molecule is COc1cc(OCc2cccc(-c3ccccc3)c2C)cc(OC)c1CNCc1cn([C@@H]2O[C@H](CO)[C@@H](O)[C@H](O)[C@H]2O)nn1. The lowest BCUT2D eigenvalue weighted by Crippen LogP contribution is -2.56. The summed E-state index contributed by atoms with van der Waals surface area (Å²) in [5, 5.41) is 51.3. The fraction of sp³-hybridized carbons (Fsp3) is 0.375. The molecule has 1 aliphatic rings. The van der Waals surface area contributed by atoms with Gasteiger partial charge in [0.05, 0.1) is 38.3 Å². The summed E-state index contributed by atoms with van der Waals surface area (Å²) in [6.45, 7) is 2.62. The minimum Gasteiger partial charge on any atom is -0.496 e. The summed E-state index contributed by atoms with van der Waals surface area (Å²) in [5.74, 6) is 1.78. The fourth-order valence-electron chi connectivity index (χ4n) is 5.28. The summed E-state index contributed by atoms with van der Waals surface area (Å²) < 4.78 is 24.3. The second-order valence-electron chi connectivity index (χ2n) is 10.6. The van der Waals surface area contributed by atoms with E-state index in [9.17, 15) is 20.4 Å². The van der Waals surface area contributed by atoms with Crippen molar-refractivity contribution in [2.24, 2.45) is 0 Å². The maximum atomic E-state index is 10.4. The van der Waals surface area contributed by atoms with Gasteiger partial charge in [-0.25, -0.2) is 4.68 Å². The van der Waals surface area contributed by atoms with Crippen LogP contribution in [0.2, 0.25) is 0 Å². The number of nitrogens with zero attached hydrogens (tertiary/aromatic N) is 3. The Morgan fingerprint density at radius 3 is 2.32 bits per heavy atom. The van der Waals surface area contributed by atoms with Gasteiger partial charge in [0, 0.05) is 25.2 Å². The first-order chi connectivity index (χ1) is 21.3. The number of aliphatic hydroxyl groups excluding tert-OH is 4. The Bertz CT molecular complexity index is 1500. The highest BCUT2D eigenvalue weighted by molar-refractivity contribution is 5.68. The highest BCUT2D eigenvalue weighted by Gasteiger charge is 2.44. The summed E-state index contributed by atoms with van der Waals surface area (Å²) >= 11 is 0. The van der Waals surface area contributed by atoms with E-state index in [0.29, 0.717) is 42.6 Å². The maximum absolute atomic E-state index is 10.4. The van der Waals surface area contributed by atoms with E-state index in [4.69, 9.17) is 18.9 Å². The van der Waals surface area contributed by atoms with Gasteiger partial charge >= 0.3 is 0 Å². The van der Waals surface area contributed by atoms with Crippen LogP contribution in [0.4, 0.5) is 0 Å². The van der Waals surface area contributed by atoms with Crippen molar-refractivity contribution in [3.63, 3.8) is 0 Å². The van der Waals surface area contributed by atoms with Crippen LogP contribution in [0.5, 0.6) is 17.2 Å². The highest BCUT2D eigenvalue weighted by atomic mass is 16.6. The van der Waals surface area contributed by atoms with Gasteiger partial charge < -0.3 is 44.7 Å². The Balaban J connectivity index is 1.23. The molecule has 2 heterocycles. The number of aliphatic hydroxyl groups is 4. The number of hydrogen-bond donors (Lipinski definition) is 5. The molecule has 5 atom stereocenters. The van der Waals surface area contributed by atoms with E-state index in [-0.39, 0.29) is 0 Å². The molecular weight excluding hydrogens is 568 g/mol. The van der Waals surface area contributed by atoms with E-state index < -0.39 is 37.3 Å². The number of hydrogen-bond acceptors (Lipinski definition) is 11. The normalized spacial score (nSPS) is 21.7. The molecule has 0 radical (unpaired) electrons. The maximum Gasteiger partial charge on any atom is 0.180 e. The van der Waals surface area contributed by atoms with Gasteiger partial charge in [0.15, 0.2) is 6.23 Å². The molecule has 0 unspecified atom stereocenters. The first kappa shape index (κ1) is 31.4. The molecule has 5 rings (SSSR count). The molecule has 1 fully saturated rings. The third kappa shape index (κ3) is 6.70. The Morgan fingerprint density at radius 2 is 1.64 bits per heavy atom. The van der Waals surface area contributed by atoms with E-state index in [0.717, 1.165) is 27.8 Å². The summed E-state index contributed by atoms with van der Waals surface area (Å²) in [7, 11) is 3.17.